The van der Waals surface area contributed by atoms with Gasteiger partial charge in [-0.05, 0) is 77.3 Å². The molecule has 192 valence electrons. The van der Waals surface area contributed by atoms with E-state index in [9.17, 15) is 0 Å². The summed E-state index contributed by atoms with van der Waals surface area (Å²) in [7, 11) is -3.74. The molecule has 0 spiro atoms. The zero-order valence-electron chi connectivity index (χ0n) is 24.6. The summed E-state index contributed by atoms with van der Waals surface area (Å²) in [5.41, 5.74) is 5.79. The molecule has 0 aromatic heterocycles. The predicted octanol–water partition coefficient (Wildman–Crippen LogP) is 9.48. The van der Waals surface area contributed by atoms with Crippen molar-refractivity contribution in [3.05, 3.63) is 11.1 Å². The molecule has 33 heavy (non-hydrogen) atoms. The maximum Gasteiger partial charge on any atom is 0.201 e. The van der Waals surface area contributed by atoms with E-state index in [1.54, 1.807) is 11.1 Å². The van der Waals surface area contributed by atoms with E-state index in [4.69, 9.17) is 8.85 Å². The van der Waals surface area contributed by atoms with Gasteiger partial charge < -0.3 is 8.85 Å². The van der Waals surface area contributed by atoms with E-state index in [2.05, 4.69) is 96.2 Å². The second kappa shape index (κ2) is 8.59. The highest BCUT2D eigenvalue weighted by molar-refractivity contribution is 6.77. The van der Waals surface area contributed by atoms with Crippen LogP contribution >= 0.6 is 0 Å². The lowest BCUT2D eigenvalue weighted by Gasteiger charge is -2.47. The summed E-state index contributed by atoms with van der Waals surface area (Å²) in [4.78, 5) is 0. The molecule has 0 radical (unpaired) electrons. The van der Waals surface area contributed by atoms with Gasteiger partial charge in [0.15, 0.2) is 8.32 Å². The van der Waals surface area contributed by atoms with Gasteiger partial charge in [0.25, 0.3) is 0 Å². The Bertz CT molecular complexity index is 749. The van der Waals surface area contributed by atoms with Crippen LogP contribution in [0.1, 0.15) is 109 Å². The van der Waals surface area contributed by atoms with Gasteiger partial charge in [0.1, 0.15) is 0 Å². The molecular weight excluding hydrogens is 436 g/mol. The van der Waals surface area contributed by atoms with E-state index in [1.807, 2.05) is 0 Å². The van der Waals surface area contributed by atoms with Gasteiger partial charge in [-0.25, -0.2) is 0 Å². The highest BCUT2D eigenvalue weighted by Crippen LogP contribution is 2.65. The van der Waals surface area contributed by atoms with Crippen molar-refractivity contribution >= 4 is 16.6 Å². The van der Waals surface area contributed by atoms with Crippen molar-refractivity contribution in [3.8, 4) is 0 Å². The molecule has 0 N–H and O–H groups in total. The first kappa shape index (κ1) is 27.7. The van der Waals surface area contributed by atoms with Gasteiger partial charge in [0.05, 0.1) is 12.2 Å². The third kappa shape index (κ3) is 4.31. The van der Waals surface area contributed by atoms with Crippen LogP contribution < -0.4 is 0 Å². The van der Waals surface area contributed by atoms with E-state index in [1.165, 1.54) is 25.7 Å². The number of rotatable bonds is 7. The molecule has 3 aliphatic rings. The van der Waals surface area contributed by atoms with Gasteiger partial charge in [0, 0.05) is 5.41 Å². The molecule has 2 unspecified atom stereocenters. The maximum atomic E-state index is 7.61. The van der Waals surface area contributed by atoms with Crippen molar-refractivity contribution in [1.82, 2.24) is 0 Å². The minimum Gasteiger partial charge on any atom is -0.413 e. The summed E-state index contributed by atoms with van der Waals surface area (Å²) >= 11 is 0. The minimum absolute atomic E-state index is 0.214. The van der Waals surface area contributed by atoms with Crippen molar-refractivity contribution in [3.63, 3.8) is 0 Å². The molecule has 0 heterocycles. The van der Waals surface area contributed by atoms with E-state index in [-0.39, 0.29) is 15.9 Å². The normalized spacial score (nSPS) is 32.5. The molecule has 2 nitrogen and oxygen atoms in total. The largest absolute Gasteiger partial charge is 0.413 e. The molecule has 4 atom stereocenters. The SMILES string of the molecule is CC(C)[Si](OC1C2=C3CC[C@H](O[Si](C)(C)C(C)(C)C)[C@]3(C)CC2CC1(C)C)(C(C)C)C(C)C. The Morgan fingerprint density at radius 1 is 0.848 bits per heavy atom. The van der Waals surface area contributed by atoms with Crippen molar-refractivity contribution in [2.45, 2.75) is 156 Å². The highest BCUT2D eigenvalue weighted by Gasteiger charge is 2.61. The summed E-state index contributed by atoms with van der Waals surface area (Å²) in [6.45, 7) is 34.1. The van der Waals surface area contributed by atoms with Gasteiger partial charge >= 0.3 is 0 Å². The van der Waals surface area contributed by atoms with Crippen LogP contribution in [-0.2, 0) is 8.85 Å². The summed E-state index contributed by atoms with van der Waals surface area (Å²) in [6, 6.07) is 0. The van der Waals surface area contributed by atoms with E-state index in [0.717, 1.165) is 0 Å². The van der Waals surface area contributed by atoms with Crippen molar-refractivity contribution in [1.29, 1.82) is 0 Å². The fourth-order valence-corrected chi connectivity index (χ4v) is 15.1. The van der Waals surface area contributed by atoms with Gasteiger partial charge in [-0.3, -0.25) is 0 Å². The van der Waals surface area contributed by atoms with Crippen molar-refractivity contribution < 1.29 is 8.85 Å². The van der Waals surface area contributed by atoms with Crippen molar-refractivity contribution in [2.24, 2.45) is 16.7 Å². The Balaban J connectivity index is 2.01. The van der Waals surface area contributed by atoms with Crippen LogP contribution in [0.3, 0.4) is 0 Å². The summed E-state index contributed by atoms with van der Waals surface area (Å²) in [6.07, 6.45) is 5.65. The zero-order valence-corrected chi connectivity index (χ0v) is 26.6. The lowest BCUT2D eigenvalue weighted by atomic mass is 9.78. The Morgan fingerprint density at radius 3 is 1.82 bits per heavy atom. The summed E-state index contributed by atoms with van der Waals surface area (Å²) in [5, 5.41) is 0.262. The van der Waals surface area contributed by atoms with E-state index in [0.29, 0.717) is 34.7 Å². The molecule has 2 fully saturated rings. The quantitative estimate of drug-likeness (QED) is 0.260. The Labute approximate surface area is 208 Å². The summed E-state index contributed by atoms with van der Waals surface area (Å²) in [5.74, 6) is 0.689. The second-order valence-electron chi connectivity index (χ2n) is 15.2. The maximum absolute atomic E-state index is 7.61. The zero-order chi connectivity index (χ0) is 25.4. The predicted molar refractivity (Wildman–Crippen MR) is 149 cm³/mol. The Morgan fingerprint density at radius 2 is 1.36 bits per heavy atom. The molecule has 0 aromatic rings. The monoisotopic (exact) mass is 492 g/mol. The van der Waals surface area contributed by atoms with Gasteiger partial charge in [-0.15, -0.1) is 0 Å². The Hall–Kier alpha value is 0.0938. The number of hydrogen-bond donors (Lipinski definition) is 0. The molecule has 2 saturated carbocycles. The third-order valence-corrected chi connectivity index (χ3v) is 21.1. The fourth-order valence-electron chi connectivity index (χ4n) is 7.95. The van der Waals surface area contributed by atoms with Gasteiger partial charge in [-0.1, -0.05) is 88.7 Å². The molecule has 0 aliphatic heterocycles. The van der Waals surface area contributed by atoms with Crippen LogP contribution in [0.25, 0.3) is 0 Å². The van der Waals surface area contributed by atoms with Crippen LogP contribution in [0.5, 0.6) is 0 Å². The van der Waals surface area contributed by atoms with Crippen LogP contribution in [0.15, 0.2) is 11.1 Å². The number of hydrogen-bond acceptors (Lipinski definition) is 2. The topological polar surface area (TPSA) is 18.5 Å². The average Bonchev–Trinajstić information content (AvgIpc) is 3.13. The molecule has 0 saturated heterocycles. The molecule has 0 aromatic carbocycles. The smallest absolute Gasteiger partial charge is 0.201 e. The lowest BCUT2D eigenvalue weighted by Crippen LogP contribution is -2.52. The molecular formula is C29H56O2Si2. The van der Waals surface area contributed by atoms with Crippen LogP contribution in [0.2, 0.25) is 34.8 Å². The average molecular weight is 493 g/mol. The fraction of sp³-hybridized carbons (Fsp3) is 0.931. The Kier molecular flexibility index (Phi) is 7.21. The highest BCUT2D eigenvalue weighted by atomic mass is 28.4. The number of fused-ring (bicyclic) bond motifs is 2. The molecule has 0 bridgehead atoms. The van der Waals surface area contributed by atoms with Crippen molar-refractivity contribution in [2.75, 3.05) is 0 Å². The third-order valence-electron chi connectivity index (χ3n) is 10.6. The summed E-state index contributed by atoms with van der Waals surface area (Å²) < 4.78 is 14.7. The lowest BCUT2D eigenvalue weighted by molar-refractivity contribution is 0.0768. The molecule has 3 rings (SSSR count). The minimum atomic E-state index is -1.95. The molecule has 0 amide bonds. The first-order valence-corrected chi connectivity index (χ1v) is 18.9. The van der Waals surface area contributed by atoms with Gasteiger partial charge in [0.2, 0.25) is 8.32 Å². The van der Waals surface area contributed by atoms with E-state index < -0.39 is 16.6 Å². The van der Waals surface area contributed by atoms with Crippen LogP contribution in [0, 0.1) is 16.7 Å². The van der Waals surface area contributed by atoms with Crippen LogP contribution in [0.4, 0.5) is 0 Å². The first-order chi connectivity index (χ1) is 14.8. The molecule has 4 heteroatoms. The van der Waals surface area contributed by atoms with Gasteiger partial charge in [-0.2, -0.15) is 0 Å². The molecule has 3 aliphatic carbocycles. The first-order valence-electron chi connectivity index (χ1n) is 13.9. The second-order valence-corrected chi connectivity index (χ2v) is 25.3. The van der Waals surface area contributed by atoms with E-state index >= 15 is 0 Å². The van der Waals surface area contributed by atoms with Crippen LogP contribution in [-0.4, -0.2) is 28.8 Å². The standard InChI is InChI=1S/C29H56O2Si2/c1-19(2)33(20(3)4,21(5)6)31-26-25-22(17-28(26,10)11)18-29(12)23(25)15-16-24(29)30-32(13,14)27(7,8)9/h19-22,24,26H,15-18H2,1-14H3/t22?,24-,26?,29+/m0/s1.